The SMILES string of the molecule is CCOc1cnc(C(C)C)cc1C#N. The van der Waals surface area contributed by atoms with Gasteiger partial charge in [-0.15, -0.1) is 0 Å². The lowest BCUT2D eigenvalue weighted by atomic mass is 10.1. The Bertz CT molecular complexity index is 353. The monoisotopic (exact) mass is 190 g/mol. The molecule has 0 atom stereocenters. The fourth-order valence-corrected chi connectivity index (χ4v) is 1.13. The molecule has 74 valence electrons. The molecule has 1 heterocycles. The van der Waals surface area contributed by atoms with Crippen molar-refractivity contribution in [2.24, 2.45) is 0 Å². The van der Waals surface area contributed by atoms with Gasteiger partial charge in [0.25, 0.3) is 0 Å². The number of nitriles is 1. The maximum atomic E-state index is 8.89. The fraction of sp³-hybridized carbons (Fsp3) is 0.455. The second-order valence-corrected chi connectivity index (χ2v) is 3.30. The molecule has 0 saturated heterocycles. The van der Waals surface area contributed by atoms with E-state index in [9.17, 15) is 0 Å². The van der Waals surface area contributed by atoms with Gasteiger partial charge >= 0.3 is 0 Å². The Labute approximate surface area is 84.3 Å². The van der Waals surface area contributed by atoms with Crippen LogP contribution in [0.1, 0.15) is 37.9 Å². The van der Waals surface area contributed by atoms with Crippen molar-refractivity contribution in [3.63, 3.8) is 0 Å². The van der Waals surface area contributed by atoms with Gasteiger partial charge in [-0.3, -0.25) is 4.98 Å². The lowest BCUT2D eigenvalue weighted by Gasteiger charge is -2.08. The molecule has 0 aliphatic carbocycles. The van der Waals surface area contributed by atoms with E-state index in [4.69, 9.17) is 10.00 Å². The van der Waals surface area contributed by atoms with E-state index in [1.54, 1.807) is 12.3 Å². The third kappa shape index (κ3) is 2.23. The van der Waals surface area contributed by atoms with Crippen LogP contribution in [-0.4, -0.2) is 11.6 Å². The predicted molar refractivity (Wildman–Crippen MR) is 54.2 cm³/mol. The van der Waals surface area contributed by atoms with E-state index in [-0.39, 0.29) is 0 Å². The Morgan fingerprint density at radius 1 is 1.57 bits per heavy atom. The molecule has 1 aromatic rings. The van der Waals surface area contributed by atoms with Crippen LogP contribution >= 0.6 is 0 Å². The molecule has 3 nitrogen and oxygen atoms in total. The molecule has 0 bridgehead atoms. The summed E-state index contributed by atoms with van der Waals surface area (Å²) >= 11 is 0. The van der Waals surface area contributed by atoms with Gasteiger partial charge in [0.1, 0.15) is 6.07 Å². The van der Waals surface area contributed by atoms with Gasteiger partial charge in [-0.1, -0.05) is 13.8 Å². The number of ether oxygens (including phenoxy) is 1. The van der Waals surface area contributed by atoms with Crippen LogP contribution in [0.25, 0.3) is 0 Å². The van der Waals surface area contributed by atoms with Gasteiger partial charge in [-0.05, 0) is 18.9 Å². The van der Waals surface area contributed by atoms with Crippen molar-refractivity contribution in [3.05, 3.63) is 23.5 Å². The highest BCUT2D eigenvalue weighted by Crippen LogP contribution is 2.20. The van der Waals surface area contributed by atoms with Crippen LogP contribution in [0.4, 0.5) is 0 Å². The van der Waals surface area contributed by atoms with E-state index >= 15 is 0 Å². The Morgan fingerprint density at radius 3 is 2.79 bits per heavy atom. The van der Waals surface area contributed by atoms with Crippen LogP contribution in [0.15, 0.2) is 12.3 Å². The van der Waals surface area contributed by atoms with E-state index in [2.05, 4.69) is 11.1 Å². The topological polar surface area (TPSA) is 45.9 Å². The lowest BCUT2D eigenvalue weighted by molar-refractivity contribution is 0.337. The summed E-state index contributed by atoms with van der Waals surface area (Å²) in [5.41, 5.74) is 1.48. The third-order valence-corrected chi connectivity index (χ3v) is 1.90. The highest BCUT2D eigenvalue weighted by atomic mass is 16.5. The van der Waals surface area contributed by atoms with Gasteiger partial charge in [0.2, 0.25) is 0 Å². The molecule has 0 saturated carbocycles. The zero-order chi connectivity index (χ0) is 10.6. The Balaban J connectivity index is 3.07. The summed E-state index contributed by atoms with van der Waals surface area (Å²) in [6.07, 6.45) is 1.62. The van der Waals surface area contributed by atoms with Crippen LogP contribution in [0, 0.1) is 11.3 Å². The van der Waals surface area contributed by atoms with Crippen molar-refractivity contribution < 1.29 is 4.74 Å². The molecule has 0 unspecified atom stereocenters. The molecular weight excluding hydrogens is 176 g/mol. The molecule has 0 aliphatic heterocycles. The maximum absolute atomic E-state index is 8.89. The summed E-state index contributed by atoms with van der Waals surface area (Å²) in [5, 5.41) is 8.89. The molecule has 0 N–H and O–H groups in total. The van der Waals surface area contributed by atoms with E-state index in [0.29, 0.717) is 23.8 Å². The normalized spacial score (nSPS) is 9.93. The third-order valence-electron chi connectivity index (χ3n) is 1.90. The van der Waals surface area contributed by atoms with Crippen LogP contribution in [0.2, 0.25) is 0 Å². The fourth-order valence-electron chi connectivity index (χ4n) is 1.13. The first-order valence-electron chi connectivity index (χ1n) is 4.71. The van der Waals surface area contributed by atoms with Crippen LogP contribution < -0.4 is 4.74 Å². The summed E-state index contributed by atoms with van der Waals surface area (Å²) in [5.74, 6) is 0.900. The largest absolute Gasteiger partial charge is 0.491 e. The summed E-state index contributed by atoms with van der Waals surface area (Å²) in [4.78, 5) is 4.23. The second kappa shape index (κ2) is 4.61. The van der Waals surface area contributed by atoms with Gasteiger partial charge in [-0.2, -0.15) is 5.26 Å². The number of rotatable bonds is 3. The van der Waals surface area contributed by atoms with E-state index < -0.39 is 0 Å². The summed E-state index contributed by atoms with van der Waals surface area (Å²) in [6.45, 7) is 6.53. The van der Waals surface area contributed by atoms with Crippen molar-refractivity contribution in [2.45, 2.75) is 26.7 Å². The van der Waals surface area contributed by atoms with Crippen molar-refractivity contribution in [1.29, 1.82) is 5.26 Å². The van der Waals surface area contributed by atoms with Gasteiger partial charge in [0, 0.05) is 5.69 Å². The van der Waals surface area contributed by atoms with Gasteiger partial charge in [-0.25, -0.2) is 0 Å². The number of hydrogen-bond donors (Lipinski definition) is 0. The van der Waals surface area contributed by atoms with Crippen molar-refractivity contribution in [1.82, 2.24) is 4.98 Å². The molecule has 3 heteroatoms. The summed E-state index contributed by atoms with van der Waals surface area (Å²) < 4.78 is 5.28. The molecule has 0 radical (unpaired) electrons. The van der Waals surface area contributed by atoms with Crippen molar-refractivity contribution in [2.75, 3.05) is 6.61 Å². The molecule has 0 aliphatic rings. The number of aromatic nitrogens is 1. The summed E-state index contributed by atoms with van der Waals surface area (Å²) in [6, 6.07) is 3.90. The molecule has 0 spiro atoms. The molecular formula is C11H14N2O. The van der Waals surface area contributed by atoms with Gasteiger partial charge in [0.05, 0.1) is 18.4 Å². The first-order valence-corrected chi connectivity index (χ1v) is 4.71. The molecule has 0 fully saturated rings. The molecule has 0 amide bonds. The second-order valence-electron chi connectivity index (χ2n) is 3.30. The first-order chi connectivity index (χ1) is 6.69. The Hall–Kier alpha value is -1.56. The van der Waals surface area contributed by atoms with Crippen LogP contribution in [0.5, 0.6) is 5.75 Å². The Morgan fingerprint density at radius 2 is 2.29 bits per heavy atom. The minimum absolute atomic E-state index is 0.331. The number of hydrogen-bond acceptors (Lipinski definition) is 3. The zero-order valence-electron chi connectivity index (χ0n) is 8.74. The molecule has 0 aromatic carbocycles. The van der Waals surface area contributed by atoms with Gasteiger partial charge in [0.15, 0.2) is 5.75 Å². The zero-order valence-corrected chi connectivity index (χ0v) is 8.74. The van der Waals surface area contributed by atoms with Crippen LogP contribution in [-0.2, 0) is 0 Å². The highest BCUT2D eigenvalue weighted by molar-refractivity contribution is 5.42. The van der Waals surface area contributed by atoms with Gasteiger partial charge < -0.3 is 4.74 Å². The number of nitrogens with zero attached hydrogens (tertiary/aromatic N) is 2. The van der Waals surface area contributed by atoms with Crippen molar-refractivity contribution in [3.8, 4) is 11.8 Å². The molecule has 14 heavy (non-hydrogen) atoms. The van der Waals surface area contributed by atoms with E-state index in [1.165, 1.54) is 0 Å². The molecule has 1 aromatic heterocycles. The smallest absolute Gasteiger partial charge is 0.155 e. The van der Waals surface area contributed by atoms with E-state index in [0.717, 1.165) is 5.69 Å². The quantitative estimate of drug-likeness (QED) is 0.735. The standard InChI is InChI=1S/C11H14N2O/c1-4-14-11-7-13-10(8(2)3)5-9(11)6-12/h5,7-8H,4H2,1-3H3. The maximum Gasteiger partial charge on any atom is 0.155 e. The minimum atomic E-state index is 0.331. The Kier molecular flexibility index (Phi) is 3.47. The minimum Gasteiger partial charge on any atom is -0.491 e. The van der Waals surface area contributed by atoms with Crippen molar-refractivity contribution >= 4 is 0 Å². The number of pyridine rings is 1. The first kappa shape index (κ1) is 10.5. The van der Waals surface area contributed by atoms with Crippen LogP contribution in [0.3, 0.4) is 0 Å². The average Bonchev–Trinajstić information content (AvgIpc) is 2.18. The summed E-state index contributed by atoms with van der Waals surface area (Å²) in [7, 11) is 0. The molecule has 1 rings (SSSR count). The average molecular weight is 190 g/mol. The highest BCUT2D eigenvalue weighted by Gasteiger charge is 2.07. The van der Waals surface area contributed by atoms with E-state index in [1.807, 2.05) is 20.8 Å². The predicted octanol–water partition coefficient (Wildman–Crippen LogP) is 2.48. The lowest BCUT2D eigenvalue weighted by Crippen LogP contribution is -1.99.